The molecule has 7 nitrogen and oxygen atoms in total. The molecule has 0 aliphatic rings. The molecule has 0 aliphatic heterocycles. The number of hydrogen-bond acceptors (Lipinski definition) is 5. The molecule has 0 spiro atoms. The van der Waals surface area contributed by atoms with Gasteiger partial charge in [0.25, 0.3) is 11.8 Å². The van der Waals surface area contributed by atoms with Crippen LogP contribution < -0.4 is 5.32 Å². The van der Waals surface area contributed by atoms with Crippen LogP contribution in [0, 0.1) is 6.92 Å². The van der Waals surface area contributed by atoms with E-state index in [0.717, 1.165) is 11.1 Å². The van der Waals surface area contributed by atoms with Crippen LogP contribution in [0.5, 0.6) is 0 Å². The van der Waals surface area contributed by atoms with Crippen molar-refractivity contribution in [2.24, 2.45) is 0 Å². The number of amides is 2. The summed E-state index contributed by atoms with van der Waals surface area (Å²) in [6.07, 6.45) is 0. The van der Waals surface area contributed by atoms with Crippen molar-refractivity contribution in [1.82, 2.24) is 15.1 Å². The lowest BCUT2D eigenvalue weighted by molar-refractivity contribution is 0.0827. The second-order valence-electron chi connectivity index (χ2n) is 7.59. The molecule has 2 amide bonds. The topological polar surface area (TPSA) is 88.3 Å². The standard InChI is InChI=1S/C25H22N4O3/c1-16-6-4-7-19(14-16)24-28-27-23(32-24)18-12-10-17(11-13-18)22(30)26-21-9-5-8-20(15-21)25(31)29(2)3/h4-15H,1-3H3,(H,26,30). The minimum absolute atomic E-state index is 0.130. The fraction of sp³-hybridized carbons (Fsp3) is 0.120. The molecule has 0 unspecified atom stereocenters. The van der Waals surface area contributed by atoms with E-state index in [1.165, 1.54) is 4.90 Å². The molecular formula is C25H22N4O3. The number of carbonyl (C=O) groups excluding carboxylic acids is 2. The van der Waals surface area contributed by atoms with Crippen LogP contribution in [0.4, 0.5) is 5.69 Å². The molecule has 0 bridgehead atoms. The molecule has 0 fully saturated rings. The SMILES string of the molecule is Cc1cccc(-c2nnc(-c3ccc(C(=O)Nc4cccc(C(=O)N(C)C)c4)cc3)o2)c1. The molecule has 1 N–H and O–H groups in total. The van der Waals surface area contributed by atoms with Gasteiger partial charge in [0.1, 0.15) is 0 Å². The fourth-order valence-electron chi connectivity index (χ4n) is 3.19. The van der Waals surface area contributed by atoms with E-state index in [1.54, 1.807) is 62.6 Å². The van der Waals surface area contributed by atoms with Crippen LogP contribution in [0.2, 0.25) is 0 Å². The van der Waals surface area contributed by atoms with Crippen molar-refractivity contribution >= 4 is 17.5 Å². The van der Waals surface area contributed by atoms with E-state index in [4.69, 9.17) is 4.42 Å². The smallest absolute Gasteiger partial charge is 0.255 e. The van der Waals surface area contributed by atoms with Crippen LogP contribution in [0.15, 0.2) is 77.2 Å². The first-order chi connectivity index (χ1) is 15.4. The highest BCUT2D eigenvalue weighted by Crippen LogP contribution is 2.25. The molecule has 0 atom stereocenters. The monoisotopic (exact) mass is 426 g/mol. The van der Waals surface area contributed by atoms with Gasteiger partial charge in [-0.3, -0.25) is 9.59 Å². The maximum atomic E-state index is 12.6. The zero-order valence-corrected chi connectivity index (χ0v) is 18.0. The van der Waals surface area contributed by atoms with Crippen molar-refractivity contribution < 1.29 is 14.0 Å². The summed E-state index contributed by atoms with van der Waals surface area (Å²) in [6.45, 7) is 2.00. The number of carbonyl (C=O) groups is 2. The Kier molecular flexibility index (Phi) is 5.81. The molecule has 0 saturated carbocycles. The van der Waals surface area contributed by atoms with Gasteiger partial charge in [0.05, 0.1) is 0 Å². The summed E-state index contributed by atoms with van der Waals surface area (Å²) in [4.78, 5) is 26.3. The van der Waals surface area contributed by atoms with Crippen molar-refractivity contribution in [3.8, 4) is 22.9 Å². The highest BCUT2D eigenvalue weighted by atomic mass is 16.4. The second-order valence-corrected chi connectivity index (χ2v) is 7.59. The summed E-state index contributed by atoms with van der Waals surface area (Å²) in [5.41, 5.74) is 4.20. The number of aryl methyl sites for hydroxylation is 1. The fourth-order valence-corrected chi connectivity index (χ4v) is 3.19. The molecule has 7 heteroatoms. The van der Waals surface area contributed by atoms with E-state index < -0.39 is 0 Å². The molecule has 0 radical (unpaired) electrons. The van der Waals surface area contributed by atoms with Crippen LogP contribution in [0.3, 0.4) is 0 Å². The van der Waals surface area contributed by atoms with Crippen LogP contribution in [-0.4, -0.2) is 41.0 Å². The number of hydrogen-bond donors (Lipinski definition) is 1. The van der Waals surface area contributed by atoms with Gasteiger partial charge in [-0.05, 0) is 61.5 Å². The van der Waals surface area contributed by atoms with E-state index in [9.17, 15) is 9.59 Å². The third-order valence-electron chi connectivity index (χ3n) is 4.86. The minimum Gasteiger partial charge on any atom is -0.416 e. The van der Waals surface area contributed by atoms with Crippen LogP contribution >= 0.6 is 0 Å². The van der Waals surface area contributed by atoms with Crippen molar-refractivity contribution in [2.75, 3.05) is 19.4 Å². The van der Waals surface area contributed by atoms with E-state index in [1.807, 2.05) is 31.2 Å². The number of rotatable bonds is 5. The lowest BCUT2D eigenvalue weighted by atomic mass is 10.1. The van der Waals surface area contributed by atoms with Crippen LogP contribution in [0.25, 0.3) is 22.9 Å². The molecule has 160 valence electrons. The average Bonchev–Trinajstić information content (AvgIpc) is 3.29. The molecular weight excluding hydrogens is 404 g/mol. The first-order valence-electron chi connectivity index (χ1n) is 10.0. The lowest BCUT2D eigenvalue weighted by Crippen LogP contribution is -2.21. The van der Waals surface area contributed by atoms with Gasteiger partial charge >= 0.3 is 0 Å². The zero-order chi connectivity index (χ0) is 22.7. The Bertz CT molecular complexity index is 1280. The van der Waals surface area contributed by atoms with E-state index in [0.29, 0.717) is 34.2 Å². The predicted molar refractivity (Wildman–Crippen MR) is 122 cm³/mol. The van der Waals surface area contributed by atoms with Gasteiger partial charge in [-0.15, -0.1) is 10.2 Å². The summed E-state index contributed by atoms with van der Waals surface area (Å²) in [6, 6.07) is 21.6. The normalized spacial score (nSPS) is 10.6. The zero-order valence-electron chi connectivity index (χ0n) is 18.0. The van der Waals surface area contributed by atoms with Crippen molar-refractivity contribution in [1.29, 1.82) is 0 Å². The number of anilines is 1. The van der Waals surface area contributed by atoms with Gasteiger partial charge in [-0.25, -0.2) is 0 Å². The maximum Gasteiger partial charge on any atom is 0.255 e. The molecule has 4 aromatic rings. The molecule has 4 rings (SSSR count). The summed E-state index contributed by atoms with van der Waals surface area (Å²) < 4.78 is 5.80. The van der Waals surface area contributed by atoms with Crippen LogP contribution in [0.1, 0.15) is 26.3 Å². The van der Waals surface area contributed by atoms with Gasteiger partial charge in [-0.1, -0.05) is 23.8 Å². The van der Waals surface area contributed by atoms with E-state index >= 15 is 0 Å². The Morgan fingerprint density at radius 3 is 2.19 bits per heavy atom. The van der Waals surface area contributed by atoms with Crippen molar-refractivity contribution in [2.45, 2.75) is 6.92 Å². The molecule has 1 aromatic heterocycles. The first-order valence-corrected chi connectivity index (χ1v) is 10.0. The Balaban J connectivity index is 1.48. The minimum atomic E-state index is -0.281. The van der Waals surface area contributed by atoms with Gasteiger partial charge < -0.3 is 14.6 Å². The molecule has 3 aromatic carbocycles. The quantitative estimate of drug-likeness (QED) is 0.501. The highest BCUT2D eigenvalue weighted by molar-refractivity contribution is 6.05. The van der Waals surface area contributed by atoms with Gasteiger partial charge in [0.2, 0.25) is 11.8 Å². The van der Waals surface area contributed by atoms with Crippen molar-refractivity contribution in [3.63, 3.8) is 0 Å². The molecule has 0 saturated heterocycles. The molecule has 0 aliphatic carbocycles. The number of nitrogens with one attached hydrogen (secondary N) is 1. The average molecular weight is 426 g/mol. The third kappa shape index (κ3) is 4.57. The van der Waals surface area contributed by atoms with Gasteiger partial charge in [0.15, 0.2) is 0 Å². The highest BCUT2D eigenvalue weighted by Gasteiger charge is 2.13. The van der Waals surface area contributed by atoms with Crippen LogP contribution in [-0.2, 0) is 0 Å². The summed E-state index contributed by atoms with van der Waals surface area (Å²) in [5.74, 6) is 0.410. The third-order valence-corrected chi connectivity index (χ3v) is 4.86. The largest absolute Gasteiger partial charge is 0.416 e. The van der Waals surface area contributed by atoms with Crippen molar-refractivity contribution in [3.05, 3.63) is 89.5 Å². The summed E-state index contributed by atoms with van der Waals surface area (Å²) in [5, 5.41) is 11.1. The summed E-state index contributed by atoms with van der Waals surface area (Å²) >= 11 is 0. The van der Waals surface area contributed by atoms with Gasteiger partial charge in [0, 0.05) is 42.0 Å². The number of benzene rings is 3. The van der Waals surface area contributed by atoms with E-state index in [2.05, 4.69) is 15.5 Å². The molecule has 1 heterocycles. The predicted octanol–water partition coefficient (Wildman–Crippen LogP) is 4.67. The Hall–Kier alpha value is -4.26. The number of nitrogens with zero attached hydrogens (tertiary/aromatic N) is 3. The maximum absolute atomic E-state index is 12.6. The molecule has 32 heavy (non-hydrogen) atoms. The Morgan fingerprint density at radius 1 is 0.812 bits per heavy atom. The Morgan fingerprint density at radius 2 is 1.50 bits per heavy atom. The number of aromatic nitrogens is 2. The Labute approximate surface area is 185 Å². The lowest BCUT2D eigenvalue weighted by Gasteiger charge is -2.11. The van der Waals surface area contributed by atoms with Gasteiger partial charge in [-0.2, -0.15) is 0 Å². The first kappa shape index (κ1) is 21.0. The summed E-state index contributed by atoms with van der Waals surface area (Å²) in [7, 11) is 3.37. The second kappa shape index (κ2) is 8.85. The van der Waals surface area contributed by atoms with E-state index in [-0.39, 0.29) is 11.8 Å².